The van der Waals surface area contributed by atoms with Crippen LogP contribution in [0, 0.1) is 0 Å². The van der Waals surface area contributed by atoms with Gasteiger partial charge in [0.05, 0.1) is 11.3 Å². The van der Waals surface area contributed by atoms with Gasteiger partial charge in [-0.3, -0.25) is 9.78 Å². The summed E-state index contributed by atoms with van der Waals surface area (Å²) in [5.41, 5.74) is 2.85. The lowest BCUT2D eigenvalue weighted by molar-refractivity contribution is 0.0963. The number of nitrogens with one attached hydrogen (secondary N) is 1. The van der Waals surface area contributed by atoms with Gasteiger partial charge < -0.3 is 5.32 Å². The van der Waals surface area contributed by atoms with Gasteiger partial charge in [-0.2, -0.15) is 5.10 Å². The maximum Gasteiger partial charge on any atom is 0.254 e. The van der Waals surface area contributed by atoms with E-state index in [1.54, 1.807) is 30.3 Å². The Kier molecular flexibility index (Phi) is 3.47. The normalized spacial score (nSPS) is 10.3. The number of hydrogen-bond donors (Lipinski definition) is 1. The van der Waals surface area contributed by atoms with E-state index in [0.717, 1.165) is 11.3 Å². The molecule has 0 aliphatic rings. The van der Waals surface area contributed by atoms with Crippen LogP contribution >= 0.6 is 0 Å². The number of aromatic nitrogens is 3. The molecule has 21 heavy (non-hydrogen) atoms. The van der Waals surface area contributed by atoms with Gasteiger partial charge in [0.15, 0.2) is 0 Å². The molecule has 3 rings (SSSR count). The van der Waals surface area contributed by atoms with Crippen molar-refractivity contribution in [3.63, 3.8) is 0 Å². The van der Waals surface area contributed by atoms with E-state index in [0.29, 0.717) is 11.3 Å². The first-order valence-electron chi connectivity index (χ1n) is 6.57. The second kappa shape index (κ2) is 5.58. The number of hydrogen-bond acceptors (Lipinski definition) is 3. The highest BCUT2D eigenvalue weighted by molar-refractivity contribution is 5.99. The summed E-state index contributed by atoms with van der Waals surface area (Å²) >= 11 is 0. The molecule has 5 heteroatoms. The van der Waals surface area contributed by atoms with Crippen molar-refractivity contribution in [2.75, 3.05) is 7.05 Å². The van der Waals surface area contributed by atoms with Crippen LogP contribution in [-0.2, 0) is 0 Å². The van der Waals surface area contributed by atoms with Crippen molar-refractivity contribution in [3.05, 3.63) is 66.6 Å². The summed E-state index contributed by atoms with van der Waals surface area (Å²) in [5.74, 6) is -0.170. The Morgan fingerprint density at radius 1 is 1.14 bits per heavy atom. The third-order valence-corrected chi connectivity index (χ3v) is 3.14. The molecular formula is C16H14N4O. The van der Waals surface area contributed by atoms with Gasteiger partial charge in [0, 0.05) is 31.2 Å². The highest BCUT2D eigenvalue weighted by Gasteiger charge is 2.17. The SMILES string of the molecule is CNC(=O)c1cn(-c2ccccc2)nc1-c1cccnc1. The molecular weight excluding hydrogens is 264 g/mol. The van der Waals surface area contributed by atoms with Crippen LogP contribution in [0.4, 0.5) is 0 Å². The highest BCUT2D eigenvalue weighted by atomic mass is 16.1. The van der Waals surface area contributed by atoms with E-state index in [1.165, 1.54) is 0 Å². The van der Waals surface area contributed by atoms with E-state index < -0.39 is 0 Å². The minimum atomic E-state index is -0.170. The lowest BCUT2D eigenvalue weighted by atomic mass is 10.1. The lowest BCUT2D eigenvalue weighted by Gasteiger charge is -2.00. The van der Waals surface area contributed by atoms with Crippen molar-refractivity contribution in [1.82, 2.24) is 20.1 Å². The summed E-state index contributed by atoms with van der Waals surface area (Å²) in [6.07, 6.45) is 5.12. The van der Waals surface area contributed by atoms with Crippen molar-refractivity contribution < 1.29 is 4.79 Å². The first kappa shape index (κ1) is 13.1. The van der Waals surface area contributed by atoms with Crippen LogP contribution < -0.4 is 5.32 Å². The summed E-state index contributed by atoms with van der Waals surface area (Å²) in [5, 5.41) is 7.18. The minimum Gasteiger partial charge on any atom is -0.355 e. The van der Waals surface area contributed by atoms with E-state index in [4.69, 9.17) is 0 Å². The highest BCUT2D eigenvalue weighted by Crippen LogP contribution is 2.22. The van der Waals surface area contributed by atoms with Crippen LogP contribution in [0.3, 0.4) is 0 Å². The van der Waals surface area contributed by atoms with Gasteiger partial charge in [0.2, 0.25) is 0 Å². The molecule has 0 saturated heterocycles. The lowest BCUT2D eigenvalue weighted by Crippen LogP contribution is -2.17. The van der Waals surface area contributed by atoms with Crippen LogP contribution in [-0.4, -0.2) is 27.7 Å². The number of pyridine rings is 1. The van der Waals surface area contributed by atoms with E-state index in [-0.39, 0.29) is 5.91 Å². The predicted molar refractivity (Wildman–Crippen MR) is 80.2 cm³/mol. The number of nitrogens with zero attached hydrogens (tertiary/aromatic N) is 3. The van der Waals surface area contributed by atoms with Crippen molar-refractivity contribution >= 4 is 5.91 Å². The Labute approximate surface area is 122 Å². The Bertz CT molecular complexity index is 750. The zero-order valence-electron chi connectivity index (χ0n) is 11.5. The first-order chi connectivity index (χ1) is 10.3. The molecule has 0 aliphatic heterocycles. The Morgan fingerprint density at radius 3 is 2.62 bits per heavy atom. The topological polar surface area (TPSA) is 59.8 Å². The molecule has 1 N–H and O–H groups in total. The average molecular weight is 278 g/mol. The number of rotatable bonds is 3. The molecule has 0 saturated carbocycles. The number of carbonyl (C=O) groups excluding carboxylic acids is 1. The van der Waals surface area contributed by atoms with E-state index in [1.807, 2.05) is 42.5 Å². The van der Waals surface area contributed by atoms with Crippen molar-refractivity contribution in [1.29, 1.82) is 0 Å². The molecule has 0 bridgehead atoms. The fourth-order valence-corrected chi connectivity index (χ4v) is 2.10. The van der Waals surface area contributed by atoms with Gasteiger partial charge in [0.25, 0.3) is 5.91 Å². The fourth-order valence-electron chi connectivity index (χ4n) is 2.10. The molecule has 0 aliphatic carbocycles. The number of benzene rings is 1. The van der Waals surface area contributed by atoms with Crippen LogP contribution in [0.2, 0.25) is 0 Å². The van der Waals surface area contributed by atoms with Gasteiger partial charge >= 0.3 is 0 Å². The molecule has 1 aromatic carbocycles. The van der Waals surface area contributed by atoms with Crippen molar-refractivity contribution in [2.24, 2.45) is 0 Å². The van der Waals surface area contributed by atoms with Crippen molar-refractivity contribution in [3.8, 4) is 16.9 Å². The summed E-state index contributed by atoms with van der Waals surface area (Å²) in [7, 11) is 1.61. The summed E-state index contributed by atoms with van der Waals surface area (Å²) < 4.78 is 1.70. The Morgan fingerprint density at radius 2 is 1.95 bits per heavy atom. The van der Waals surface area contributed by atoms with Crippen LogP contribution in [0.25, 0.3) is 16.9 Å². The smallest absolute Gasteiger partial charge is 0.254 e. The number of carbonyl (C=O) groups is 1. The summed E-state index contributed by atoms with van der Waals surface area (Å²) in [4.78, 5) is 16.2. The molecule has 5 nitrogen and oxygen atoms in total. The molecule has 1 amide bonds. The van der Waals surface area contributed by atoms with E-state index in [9.17, 15) is 4.79 Å². The van der Waals surface area contributed by atoms with Gasteiger partial charge in [0.1, 0.15) is 5.69 Å². The maximum atomic E-state index is 12.1. The van der Waals surface area contributed by atoms with Gasteiger partial charge in [-0.25, -0.2) is 4.68 Å². The first-order valence-corrected chi connectivity index (χ1v) is 6.57. The van der Waals surface area contributed by atoms with E-state index >= 15 is 0 Å². The number of amides is 1. The molecule has 3 aromatic rings. The predicted octanol–water partition coefficient (Wildman–Crippen LogP) is 2.29. The molecule has 2 heterocycles. The van der Waals surface area contributed by atoms with Gasteiger partial charge in [-0.15, -0.1) is 0 Å². The molecule has 0 spiro atoms. The minimum absolute atomic E-state index is 0.170. The Hall–Kier alpha value is -2.95. The number of para-hydroxylation sites is 1. The molecule has 0 radical (unpaired) electrons. The molecule has 0 unspecified atom stereocenters. The third-order valence-electron chi connectivity index (χ3n) is 3.14. The fraction of sp³-hybridized carbons (Fsp3) is 0.0625. The maximum absolute atomic E-state index is 12.1. The zero-order valence-corrected chi connectivity index (χ0v) is 11.5. The van der Waals surface area contributed by atoms with Crippen molar-refractivity contribution in [2.45, 2.75) is 0 Å². The molecule has 104 valence electrons. The van der Waals surface area contributed by atoms with Gasteiger partial charge in [-0.05, 0) is 24.3 Å². The monoisotopic (exact) mass is 278 g/mol. The third kappa shape index (κ3) is 2.53. The second-order valence-corrected chi connectivity index (χ2v) is 4.49. The average Bonchev–Trinajstić information content (AvgIpc) is 3.01. The Balaban J connectivity index is 2.14. The zero-order chi connectivity index (χ0) is 14.7. The summed E-state index contributed by atoms with van der Waals surface area (Å²) in [6, 6.07) is 13.4. The molecule has 0 atom stereocenters. The quantitative estimate of drug-likeness (QED) is 0.799. The van der Waals surface area contributed by atoms with Crippen LogP contribution in [0.1, 0.15) is 10.4 Å². The van der Waals surface area contributed by atoms with E-state index in [2.05, 4.69) is 15.4 Å². The summed E-state index contributed by atoms with van der Waals surface area (Å²) in [6.45, 7) is 0. The van der Waals surface area contributed by atoms with Gasteiger partial charge in [-0.1, -0.05) is 18.2 Å². The standard InChI is InChI=1S/C16H14N4O/c1-17-16(21)14-11-20(13-7-3-2-4-8-13)19-15(14)12-6-5-9-18-10-12/h2-11H,1H3,(H,17,21). The second-order valence-electron chi connectivity index (χ2n) is 4.49. The largest absolute Gasteiger partial charge is 0.355 e. The molecule has 0 fully saturated rings. The van der Waals surface area contributed by atoms with Crippen LogP contribution in [0.5, 0.6) is 0 Å². The van der Waals surface area contributed by atoms with Crippen LogP contribution in [0.15, 0.2) is 61.1 Å². The molecule has 2 aromatic heterocycles.